The second kappa shape index (κ2) is 9.23. The Kier molecular flexibility index (Phi) is 6.49. The molecule has 152 valence electrons. The van der Waals surface area contributed by atoms with Crippen molar-refractivity contribution in [2.24, 2.45) is 11.0 Å². The normalized spacial score (nSPS) is 14.0. The molecule has 1 saturated carbocycles. The lowest BCUT2D eigenvalue weighted by molar-refractivity contribution is -0.122. The van der Waals surface area contributed by atoms with Crippen LogP contribution in [0.4, 0.5) is 5.69 Å². The molecule has 7 heteroatoms. The molecule has 2 aromatic carbocycles. The van der Waals surface area contributed by atoms with Crippen molar-refractivity contribution < 1.29 is 19.1 Å². The van der Waals surface area contributed by atoms with Gasteiger partial charge in [-0.1, -0.05) is 18.6 Å². The Balaban J connectivity index is 1.67. The Labute approximate surface area is 170 Å². The lowest BCUT2D eigenvalue weighted by Crippen LogP contribution is -2.28. The standard InChI is InChI=1S/C22H25N3O4/c1-14(16-8-5-9-18(12-16)23-21(26)15-6-4-7-15)24-25-22(27)17-10-11-19(28-2)20(13-17)29-3/h5,8-13,15H,4,6-7H2,1-3H3,(H,23,26)(H,25,27)/b24-14-. The number of anilines is 1. The van der Waals surface area contributed by atoms with Crippen molar-refractivity contribution in [3.63, 3.8) is 0 Å². The van der Waals surface area contributed by atoms with Gasteiger partial charge in [-0.2, -0.15) is 5.10 Å². The number of carbonyl (C=O) groups is 2. The fourth-order valence-corrected chi connectivity index (χ4v) is 2.98. The Hall–Kier alpha value is -3.35. The first-order chi connectivity index (χ1) is 14.0. The van der Waals surface area contributed by atoms with Crippen LogP contribution in [0.3, 0.4) is 0 Å². The maximum absolute atomic E-state index is 12.4. The minimum absolute atomic E-state index is 0.0600. The van der Waals surface area contributed by atoms with E-state index in [4.69, 9.17) is 9.47 Å². The molecule has 0 unspecified atom stereocenters. The molecule has 0 spiro atoms. The first-order valence-electron chi connectivity index (χ1n) is 9.49. The van der Waals surface area contributed by atoms with E-state index in [0.29, 0.717) is 22.8 Å². The van der Waals surface area contributed by atoms with Gasteiger partial charge in [0.15, 0.2) is 11.5 Å². The first kappa shape index (κ1) is 20.4. The Morgan fingerprint density at radius 1 is 1.00 bits per heavy atom. The van der Waals surface area contributed by atoms with Gasteiger partial charge in [0.2, 0.25) is 5.91 Å². The van der Waals surface area contributed by atoms with E-state index in [1.165, 1.54) is 14.2 Å². The molecule has 0 aromatic heterocycles. The van der Waals surface area contributed by atoms with Crippen LogP contribution in [0, 0.1) is 5.92 Å². The van der Waals surface area contributed by atoms with Gasteiger partial charge >= 0.3 is 0 Å². The van der Waals surface area contributed by atoms with E-state index >= 15 is 0 Å². The molecule has 2 aromatic rings. The highest BCUT2D eigenvalue weighted by atomic mass is 16.5. The van der Waals surface area contributed by atoms with E-state index < -0.39 is 0 Å². The number of benzene rings is 2. The van der Waals surface area contributed by atoms with Gasteiger partial charge in [0.1, 0.15) is 0 Å². The molecule has 2 amide bonds. The molecule has 7 nitrogen and oxygen atoms in total. The average molecular weight is 395 g/mol. The summed E-state index contributed by atoms with van der Waals surface area (Å²) in [5.74, 6) is 0.832. The van der Waals surface area contributed by atoms with E-state index in [1.807, 2.05) is 24.3 Å². The maximum atomic E-state index is 12.4. The lowest BCUT2D eigenvalue weighted by Gasteiger charge is -2.24. The smallest absolute Gasteiger partial charge is 0.271 e. The summed E-state index contributed by atoms with van der Waals surface area (Å²) in [5, 5.41) is 7.13. The minimum atomic E-state index is -0.361. The van der Waals surface area contributed by atoms with Crippen molar-refractivity contribution in [2.45, 2.75) is 26.2 Å². The lowest BCUT2D eigenvalue weighted by atomic mass is 9.85. The van der Waals surface area contributed by atoms with Crippen LogP contribution in [0.2, 0.25) is 0 Å². The largest absolute Gasteiger partial charge is 0.493 e. The number of methoxy groups -OCH3 is 2. The summed E-state index contributed by atoms with van der Waals surface area (Å²) in [6.45, 7) is 1.79. The van der Waals surface area contributed by atoms with Crippen LogP contribution in [0.1, 0.15) is 42.1 Å². The number of hydrogen-bond donors (Lipinski definition) is 2. The Morgan fingerprint density at radius 2 is 1.76 bits per heavy atom. The summed E-state index contributed by atoms with van der Waals surface area (Å²) in [6.07, 6.45) is 3.02. The fourth-order valence-electron chi connectivity index (χ4n) is 2.98. The van der Waals surface area contributed by atoms with Crippen LogP contribution in [-0.4, -0.2) is 31.7 Å². The Morgan fingerprint density at radius 3 is 2.41 bits per heavy atom. The number of nitrogens with zero attached hydrogens (tertiary/aromatic N) is 1. The summed E-state index contributed by atoms with van der Waals surface area (Å²) in [4.78, 5) is 24.5. The first-order valence-corrected chi connectivity index (χ1v) is 9.49. The van der Waals surface area contributed by atoms with E-state index in [1.54, 1.807) is 25.1 Å². The number of hydrogen-bond acceptors (Lipinski definition) is 5. The summed E-state index contributed by atoms with van der Waals surface area (Å²) < 4.78 is 10.4. The molecule has 0 aliphatic heterocycles. The predicted molar refractivity (Wildman–Crippen MR) is 112 cm³/mol. The zero-order chi connectivity index (χ0) is 20.8. The number of carbonyl (C=O) groups excluding carboxylic acids is 2. The molecule has 1 aliphatic carbocycles. The van der Waals surface area contributed by atoms with Gasteiger partial charge < -0.3 is 14.8 Å². The van der Waals surface area contributed by atoms with Gasteiger partial charge in [0.05, 0.1) is 19.9 Å². The fraction of sp³-hybridized carbons (Fsp3) is 0.318. The van der Waals surface area contributed by atoms with E-state index in [0.717, 1.165) is 30.5 Å². The molecular formula is C22H25N3O4. The van der Waals surface area contributed by atoms with Crippen LogP contribution in [0.15, 0.2) is 47.6 Å². The number of nitrogens with one attached hydrogen (secondary N) is 2. The molecule has 1 fully saturated rings. The van der Waals surface area contributed by atoms with Gasteiger partial charge in [-0.25, -0.2) is 5.43 Å². The molecule has 1 aliphatic rings. The van der Waals surface area contributed by atoms with Crippen molar-refractivity contribution >= 4 is 23.2 Å². The molecule has 0 bridgehead atoms. The van der Waals surface area contributed by atoms with Crippen LogP contribution in [0.5, 0.6) is 11.5 Å². The molecule has 0 heterocycles. The third-order valence-electron chi connectivity index (χ3n) is 4.99. The number of ether oxygens (including phenoxy) is 2. The quantitative estimate of drug-likeness (QED) is 0.554. The van der Waals surface area contributed by atoms with Gasteiger partial charge in [-0.3, -0.25) is 9.59 Å². The van der Waals surface area contributed by atoms with Crippen molar-refractivity contribution in [1.29, 1.82) is 0 Å². The Bertz CT molecular complexity index is 935. The number of rotatable bonds is 7. The summed E-state index contributed by atoms with van der Waals surface area (Å²) in [6, 6.07) is 12.3. The predicted octanol–water partition coefficient (Wildman–Crippen LogP) is 3.60. The third kappa shape index (κ3) is 4.93. The summed E-state index contributed by atoms with van der Waals surface area (Å²) in [5.41, 5.74) is 5.11. The van der Waals surface area contributed by atoms with Gasteiger partial charge in [-0.05, 0) is 55.7 Å². The van der Waals surface area contributed by atoms with Crippen LogP contribution in [0.25, 0.3) is 0 Å². The molecule has 0 saturated heterocycles. The molecule has 0 atom stereocenters. The van der Waals surface area contributed by atoms with Gasteiger partial charge in [-0.15, -0.1) is 0 Å². The van der Waals surface area contributed by atoms with E-state index in [2.05, 4.69) is 15.8 Å². The van der Waals surface area contributed by atoms with Gasteiger partial charge in [0, 0.05) is 17.2 Å². The van der Waals surface area contributed by atoms with Crippen LogP contribution in [-0.2, 0) is 4.79 Å². The topological polar surface area (TPSA) is 89.0 Å². The number of hydrazone groups is 1. The van der Waals surface area contributed by atoms with Crippen LogP contribution >= 0.6 is 0 Å². The van der Waals surface area contributed by atoms with Crippen molar-refractivity contribution in [3.05, 3.63) is 53.6 Å². The monoisotopic (exact) mass is 395 g/mol. The van der Waals surface area contributed by atoms with Crippen molar-refractivity contribution in [3.8, 4) is 11.5 Å². The highest BCUT2D eigenvalue weighted by Crippen LogP contribution is 2.28. The SMILES string of the molecule is COc1ccc(C(=O)N/N=C(/C)c2cccc(NC(=O)C3CCC3)c2)cc1OC. The molecular weight excluding hydrogens is 370 g/mol. The van der Waals surface area contributed by atoms with Crippen molar-refractivity contribution in [2.75, 3.05) is 19.5 Å². The van der Waals surface area contributed by atoms with E-state index in [9.17, 15) is 9.59 Å². The highest BCUT2D eigenvalue weighted by Gasteiger charge is 2.25. The molecule has 2 N–H and O–H groups in total. The zero-order valence-corrected chi connectivity index (χ0v) is 16.8. The second-order valence-corrected chi connectivity index (χ2v) is 6.91. The second-order valence-electron chi connectivity index (χ2n) is 6.91. The number of amides is 2. The average Bonchev–Trinajstić information content (AvgIpc) is 2.69. The van der Waals surface area contributed by atoms with Crippen molar-refractivity contribution in [1.82, 2.24) is 5.43 Å². The molecule has 29 heavy (non-hydrogen) atoms. The van der Waals surface area contributed by atoms with Crippen LogP contribution < -0.4 is 20.2 Å². The zero-order valence-electron chi connectivity index (χ0n) is 16.8. The molecule has 3 rings (SSSR count). The van der Waals surface area contributed by atoms with Gasteiger partial charge in [0.25, 0.3) is 5.91 Å². The summed E-state index contributed by atoms with van der Waals surface area (Å²) in [7, 11) is 3.05. The third-order valence-corrected chi connectivity index (χ3v) is 4.99. The minimum Gasteiger partial charge on any atom is -0.493 e. The summed E-state index contributed by atoms with van der Waals surface area (Å²) >= 11 is 0. The maximum Gasteiger partial charge on any atom is 0.271 e. The molecule has 0 radical (unpaired) electrons. The van der Waals surface area contributed by atoms with E-state index in [-0.39, 0.29) is 17.7 Å². The highest BCUT2D eigenvalue weighted by molar-refractivity contribution is 6.02.